The van der Waals surface area contributed by atoms with Crippen LogP contribution in [0.5, 0.6) is 0 Å². The Balaban J connectivity index is 1.35. The Morgan fingerprint density at radius 1 is 1.17 bits per heavy atom. The lowest BCUT2D eigenvalue weighted by Gasteiger charge is -2.40. The van der Waals surface area contributed by atoms with Crippen molar-refractivity contribution in [1.29, 1.82) is 0 Å². The van der Waals surface area contributed by atoms with Gasteiger partial charge in [0.15, 0.2) is 6.29 Å². The zero-order valence-corrected chi connectivity index (χ0v) is 14.5. The molecular formula is C17H23N3O3S. The minimum absolute atomic E-state index is 0.0657. The maximum Gasteiger partial charge on any atom is 0.163 e. The summed E-state index contributed by atoms with van der Waals surface area (Å²) in [5.74, 6) is 0.927. The molecular weight excluding hydrogens is 326 g/mol. The smallest absolute Gasteiger partial charge is 0.163 e. The van der Waals surface area contributed by atoms with Gasteiger partial charge in [-0.05, 0) is 37.1 Å². The van der Waals surface area contributed by atoms with Crippen molar-refractivity contribution in [3.05, 3.63) is 17.8 Å². The number of thiophene rings is 1. The zero-order chi connectivity index (χ0) is 16.2. The molecule has 0 bridgehead atoms. The van der Waals surface area contributed by atoms with Gasteiger partial charge in [-0.15, -0.1) is 11.3 Å². The van der Waals surface area contributed by atoms with Crippen molar-refractivity contribution in [2.24, 2.45) is 5.41 Å². The number of ether oxygens (including phenoxy) is 3. The molecule has 6 nitrogen and oxygen atoms in total. The van der Waals surface area contributed by atoms with Crippen molar-refractivity contribution in [1.82, 2.24) is 9.97 Å². The van der Waals surface area contributed by atoms with Gasteiger partial charge in [0.2, 0.25) is 0 Å². The van der Waals surface area contributed by atoms with E-state index < -0.39 is 0 Å². The second-order valence-corrected chi connectivity index (χ2v) is 7.33. The lowest BCUT2D eigenvalue weighted by atomic mass is 9.75. The molecule has 7 heteroatoms. The van der Waals surface area contributed by atoms with E-state index in [1.807, 2.05) is 0 Å². The number of fused-ring (bicyclic) bond motifs is 1. The molecule has 0 atom stereocenters. The summed E-state index contributed by atoms with van der Waals surface area (Å²) in [6, 6.07) is 2.07. The van der Waals surface area contributed by atoms with E-state index in [2.05, 4.69) is 26.7 Å². The summed E-state index contributed by atoms with van der Waals surface area (Å²) in [6.07, 6.45) is 5.72. The Hall–Kier alpha value is -1.28. The van der Waals surface area contributed by atoms with E-state index in [0.717, 1.165) is 61.5 Å². The second-order valence-electron chi connectivity index (χ2n) is 6.44. The molecule has 2 aromatic heterocycles. The normalized spacial score (nSPS) is 21.3. The molecule has 2 aromatic rings. The molecule has 0 unspecified atom stereocenters. The number of hydrogen-bond donors (Lipinski definition) is 1. The quantitative estimate of drug-likeness (QED) is 0.809. The molecule has 0 saturated carbocycles. The number of hydrogen-bond acceptors (Lipinski definition) is 7. The highest BCUT2D eigenvalue weighted by atomic mass is 32.1. The van der Waals surface area contributed by atoms with Crippen LogP contribution in [0.25, 0.3) is 10.2 Å². The third-order valence-corrected chi connectivity index (χ3v) is 5.84. The van der Waals surface area contributed by atoms with Crippen LogP contribution in [0.2, 0.25) is 0 Å². The van der Waals surface area contributed by atoms with Gasteiger partial charge in [0.05, 0.1) is 18.6 Å². The van der Waals surface area contributed by atoms with Crippen LogP contribution in [0, 0.1) is 5.41 Å². The third-order valence-electron chi connectivity index (χ3n) is 5.02. The summed E-state index contributed by atoms with van der Waals surface area (Å²) in [6.45, 7) is 3.92. The average molecular weight is 349 g/mol. The van der Waals surface area contributed by atoms with E-state index >= 15 is 0 Å². The molecule has 0 spiro atoms. The molecule has 130 valence electrons. The first-order chi connectivity index (χ1) is 11.9. The van der Waals surface area contributed by atoms with Gasteiger partial charge in [-0.3, -0.25) is 0 Å². The summed E-state index contributed by atoms with van der Waals surface area (Å²) >= 11 is 1.64. The molecule has 2 aliphatic rings. The van der Waals surface area contributed by atoms with Crippen LogP contribution in [-0.4, -0.2) is 49.2 Å². The molecule has 0 aliphatic carbocycles. The summed E-state index contributed by atoms with van der Waals surface area (Å²) < 4.78 is 17.2. The van der Waals surface area contributed by atoms with Gasteiger partial charge in [0, 0.05) is 25.2 Å². The van der Waals surface area contributed by atoms with Gasteiger partial charge in [-0.2, -0.15) is 0 Å². The number of aromatic nitrogens is 2. The fourth-order valence-electron chi connectivity index (χ4n) is 3.67. The Morgan fingerprint density at radius 3 is 2.83 bits per heavy atom. The Bertz CT molecular complexity index is 666. The molecule has 0 aromatic carbocycles. The summed E-state index contributed by atoms with van der Waals surface area (Å²) in [5.41, 5.74) is 0.0970. The Kier molecular flexibility index (Phi) is 4.93. The zero-order valence-electron chi connectivity index (χ0n) is 13.7. The highest BCUT2D eigenvalue weighted by molar-refractivity contribution is 7.16. The minimum atomic E-state index is -0.0657. The van der Waals surface area contributed by atoms with Gasteiger partial charge in [0.25, 0.3) is 0 Å². The SMILES string of the molecule is c1nc(NCCCC2(C3OCCO3)CCOCC2)c2ccsc2n1. The summed E-state index contributed by atoms with van der Waals surface area (Å²) in [4.78, 5) is 9.69. The molecule has 4 heterocycles. The van der Waals surface area contributed by atoms with Crippen LogP contribution >= 0.6 is 11.3 Å². The molecule has 2 fully saturated rings. The van der Waals surface area contributed by atoms with Crippen molar-refractivity contribution in [2.75, 3.05) is 38.3 Å². The summed E-state index contributed by atoms with van der Waals surface area (Å²) in [5, 5.41) is 6.62. The molecule has 1 N–H and O–H groups in total. The van der Waals surface area contributed by atoms with Crippen LogP contribution < -0.4 is 5.32 Å². The average Bonchev–Trinajstić information content (AvgIpc) is 3.31. The minimum Gasteiger partial charge on any atom is -0.381 e. The maximum atomic E-state index is 5.84. The van der Waals surface area contributed by atoms with Crippen molar-refractivity contribution in [3.8, 4) is 0 Å². The van der Waals surface area contributed by atoms with Gasteiger partial charge in [-0.1, -0.05) is 0 Å². The fourth-order valence-corrected chi connectivity index (χ4v) is 4.40. The third kappa shape index (κ3) is 3.26. The second kappa shape index (κ2) is 7.31. The number of anilines is 1. The van der Waals surface area contributed by atoms with E-state index in [9.17, 15) is 0 Å². The van der Waals surface area contributed by atoms with Gasteiger partial charge >= 0.3 is 0 Å². The first-order valence-corrected chi connectivity index (χ1v) is 9.48. The Labute approximate surface area is 145 Å². The fraction of sp³-hybridized carbons (Fsp3) is 0.647. The van der Waals surface area contributed by atoms with E-state index in [4.69, 9.17) is 14.2 Å². The Morgan fingerprint density at radius 2 is 2.00 bits per heavy atom. The molecule has 4 rings (SSSR count). The predicted octanol–water partition coefficient (Wildman–Crippen LogP) is 3.05. The van der Waals surface area contributed by atoms with Crippen molar-refractivity contribution >= 4 is 27.4 Å². The highest BCUT2D eigenvalue weighted by Gasteiger charge is 2.43. The first kappa shape index (κ1) is 16.2. The summed E-state index contributed by atoms with van der Waals surface area (Å²) in [7, 11) is 0. The standard InChI is InChI=1S/C17H23N3O3S/c1(6-18-14-13-2-11-24-15(13)20-12-19-14)3-17(4-7-21-8-5-17)16-22-9-10-23-16/h2,11-12,16H,1,3-10H2,(H,18,19,20). The van der Waals surface area contributed by atoms with Gasteiger partial charge < -0.3 is 19.5 Å². The number of nitrogens with one attached hydrogen (secondary N) is 1. The predicted molar refractivity (Wildman–Crippen MR) is 93.3 cm³/mol. The van der Waals surface area contributed by atoms with Crippen molar-refractivity contribution in [2.45, 2.75) is 32.0 Å². The molecule has 24 heavy (non-hydrogen) atoms. The first-order valence-electron chi connectivity index (χ1n) is 8.60. The largest absolute Gasteiger partial charge is 0.381 e. The van der Waals surface area contributed by atoms with Crippen molar-refractivity contribution in [3.63, 3.8) is 0 Å². The lowest BCUT2D eigenvalue weighted by molar-refractivity contribution is -0.168. The topological polar surface area (TPSA) is 65.5 Å². The van der Waals surface area contributed by atoms with E-state index in [-0.39, 0.29) is 11.7 Å². The lowest BCUT2D eigenvalue weighted by Crippen LogP contribution is -2.41. The number of rotatable bonds is 6. The number of nitrogens with zero attached hydrogens (tertiary/aromatic N) is 2. The van der Waals surface area contributed by atoms with Crippen LogP contribution in [0.3, 0.4) is 0 Å². The molecule has 2 aliphatic heterocycles. The van der Waals surface area contributed by atoms with Crippen LogP contribution in [0.15, 0.2) is 17.8 Å². The van der Waals surface area contributed by atoms with E-state index in [1.165, 1.54) is 0 Å². The molecule has 0 radical (unpaired) electrons. The molecule has 2 saturated heterocycles. The van der Waals surface area contributed by atoms with Gasteiger partial charge in [-0.25, -0.2) is 9.97 Å². The molecule has 0 amide bonds. The van der Waals surface area contributed by atoms with Crippen LogP contribution in [-0.2, 0) is 14.2 Å². The highest BCUT2D eigenvalue weighted by Crippen LogP contribution is 2.42. The van der Waals surface area contributed by atoms with Gasteiger partial charge in [0.1, 0.15) is 17.0 Å². The maximum absolute atomic E-state index is 5.84. The van der Waals surface area contributed by atoms with Crippen LogP contribution in [0.4, 0.5) is 5.82 Å². The van der Waals surface area contributed by atoms with Crippen molar-refractivity contribution < 1.29 is 14.2 Å². The monoisotopic (exact) mass is 349 g/mol. The van der Waals surface area contributed by atoms with Crippen LogP contribution in [0.1, 0.15) is 25.7 Å². The van der Waals surface area contributed by atoms with E-state index in [0.29, 0.717) is 13.2 Å². The van der Waals surface area contributed by atoms with E-state index in [1.54, 1.807) is 17.7 Å².